The van der Waals surface area contributed by atoms with E-state index >= 15 is 0 Å². The summed E-state index contributed by atoms with van der Waals surface area (Å²) in [4.78, 5) is 107. The van der Waals surface area contributed by atoms with Crippen LogP contribution < -0.4 is 20.9 Å². The van der Waals surface area contributed by atoms with Gasteiger partial charge >= 0.3 is 0 Å². The first-order valence-electron chi connectivity index (χ1n) is 24.2. The lowest BCUT2D eigenvalue weighted by atomic mass is 9.91. The molecule has 0 saturated carbocycles. The summed E-state index contributed by atoms with van der Waals surface area (Å²) in [5.41, 5.74) is 2.37. The zero-order valence-corrected chi connectivity index (χ0v) is 38.6. The minimum Gasteiger partial charge on any atom is -0.382 e. The van der Waals surface area contributed by atoms with E-state index in [4.69, 9.17) is 9.72 Å². The number of fused-ring (bicyclic) bond motifs is 1. The Morgan fingerprint density at radius 2 is 1.60 bits per heavy atom. The highest BCUT2D eigenvalue weighted by atomic mass is 16.5. The van der Waals surface area contributed by atoms with Gasteiger partial charge in [-0.1, -0.05) is 25.0 Å². The third-order valence-electron chi connectivity index (χ3n) is 13.8. The highest BCUT2D eigenvalue weighted by Gasteiger charge is 2.45. The SMILES string of the molecule is O=C(/C=C/c1cccnc1)NCCCCC1CCN(C(=O)c2ccc(N3CCC(N4CCN(C(=O)CCOCCNc5cccc6c5C(=O)N(C5CCC(=O)NC5=O)C6=O)CC4)CC3)nc2)CC1. The van der Waals surface area contributed by atoms with Crippen LogP contribution in [0.1, 0.15) is 101 Å². The number of benzene rings is 1. The number of imide groups is 2. The van der Waals surface area contributed by atoms with Gasteiger partial charge in [-0.2, -0.15) is 0 Å². The Morgan fingerprint density at radius 3 is 2.34 bits per heavy atom. The van der Waals surface area contributed by atoms with Crippen LogP contribution in [0.5, 0.6) is 0 Å². The molecule has 1 atom stereocenters. The number of unbranched alkanes of at least 4 members (excludes halogenated alkanes) is 1. The quantitative estimate of drug-likeness (QED) is 0.0952. The van der Waals surface area contributed by atoms with E-state index in [2.05, 4.69) is 30.7 Å². The van der Waals surface area contributed by atoms with Crippen molar-refractivity contribution in [1.29, 1.82) is 0 Å². The van der Waals surface area contributed by atoms with E-state index in [1.165, 1.54) is 0 Å². The second kappa shape index (κ2) is 23.0. The summed E-state index contributed by atoms with van der Waals surface area (Å²) in [7, 11) is 0. The summed E-state index contributed by atoms with van der Waals surface area (Å²) in [6.45, 7) is 7.76. The van der Waals surface area contributed by atoms with E-state index in [1.54, 1.807) is 48.9 Å². The molecule has 68 heavy (non-hydrogen) atoms. The van der Waals surface area contributed by atoms with Crippen molar-refractivity contribution in [2.75, 3.05) is 88.9 Å². The number of rotatable bonds is 18. The second-order valence-electron chi connectivity index (χ2n) is 18.1. The summed E-state index contributed by atoms with van der Waals surface area (Å²) in [6.07, 6.45) is 15.9. The number of nitrogens with zero attached hydrogens (tertiary/aromatic N) is 7. The van der Waals surface area contributed by atoms with Gasteiger partial charge in [0.05, 0.1) is 36.3 Å². The summed E-state index contributed by atoms with van der Waals surface area (Å²) in [5.74, 6) is -0.740. The van der Waals surface area contributed by atoms with Gasteiger partial charge in [0.2, 0.25) is 23.6 Å². The smallest absolute Gasteiger partial charge is 0.264 e. The lowest BCUT2D eigenvalue weighted by Gasteiger charge is -2.43. The van der Waals surface area contributed by atoms with Gasteiger partial charge in [0.15, 0.2) is 0 Å². The van der Waals surface area contributed by atoms with Gasteiger partial charge in [-0.05, 0) is 86.4 Å². The van der Waals surface area contributed by atoms with Crippen molar-refractivity contribution in [2.45, 2.75) is 76.3 Å². The first-order valence-corrected chi connectivity index (χ1v) is 24.2. The number of piperazine rings is 1. The molecule has 3 N–H and O–H groups in total. The van der Waals surface area contributed by atoms with Crippen LogP contribution in [0.3, 0.4) is 0 Å². The number of hydrogen-bond acceptors (Lipinski definition) is 13. The maximum atomic E-state index is 13.4. The van der Waals surface area contributed by atoms with Crippen LogP contribution in [-0.4, -0.2) is 162 Å². The average molecular weight is 931 g/mol. The maximum absolute atomic E-state index is 13.4. The van der Waals surface area contributed by atoms with Gasteiger partial charge in [0.1, 0.15) is 11.9 Å². The number of carbonyl (C=O) groups excluding carboxylic acids is 7. The molecule has 7 amide bonds. The normalized spacial score (nSPS) is 19.7. The fourth-order valence-electron chi connectivity index (χ4n) is 9.92. The molecule has 18 nitrogen and oxygen atoms in total. The number of anilines is 2. The number of hydrogen-bond donors (Lipinski definition) is 3. The predicted molar refractivity (Wildman–Crippen MR) is 253 cm³/mol. The molecular formula is C50H62N10O8. The minimum absolute atomic E-state index is 0.0382. The van der Waals surface area contributed by atoms with Gasteiger partial charge < -0.3 is 30.1 Å². The Morgan fingerprint density at radius 1 is 0.794 bits per heavy atom. The van der Waals surface area contributed by atoms with E-state index < -0.39 is 29.7 Å². The third kappa shape index (κ3) is 11.9. The van der Waals surface area contributed by atoms with Gasteiger partial charge in [0, 0.05) is 108 Å². The molecular weight excluding hydrogens is 869 g/mol. The van der Waals surface area contributed by atoms with Crippen LogP contribution in [0.15, 0.2) is 67.1 Å². The van der Waals surface area contributed by atoms with E-state index in [-0.39, 0.29) is 61.3 Å². The number of pyridine rings is 2. The van der Waals surface area contributed by atoms with Crippen LogP contribution in [0.2, 0.25) is 0 Å². The highest BCUT2D eigenvalue weighted by Crippen LogP contribution is 2.32. The summed E-state index contributed by atoms with van der Waals surface area (Å²) < 4.78 is 5.76. The van der Waals surface area contributed by atoms with Gasteiger partial charge in [-0.3, -0.25) is 53.7 Å². The first-order chi connectivity index (χ1) is 33.1. The number of ether oxygens (including phenoxy) is 1. The van der Waals surface area contributed by atoms with Crippen molar-refractivity contribution in [3.63, 3.8) is 0 Å². The van der Waals surface area contributed by atoms with E-state index in [9.17, 15) is 33.6 Å². The predicted octanol–water partition coefficient (Wildman–Crippen LogP) is 3.36. The average Bonchev–Trinajstić information content (AvgIpc) is 3.63. The van der Waals surface area contributed by atoms with Gasteiger partial charge in [-0.25, -0.2) is 4.98 Å². The molecule has 18 heteroatoms. The minimum atomic E-state index is -1.03. The molecule has 4 saturated heterocycles. The maximum Gasteiger partial charge on any atom is 0.264 e. The van der Waals surface area contributed by atoms with Crippen molar-refractivity contribution in [2.24, 2.45) is 5.92 Å². The molecule has 8 rings (SSSR count). The van der Waals surface area contributed by atoms with Crippen molar-refractivity contribution >= 4 is 58.9 Å². The van der Waals surface area contributed by atoms with Crippen LogP contribution in [-0.2, 0) is 23.9 Å². The van der Waals surface area contributed by atoms with E-state index in [0.29, 0.717) is 49.4 Å². The molecule has 7 heterocycles. The van der Waals surface area contributed by atoms with Gasteiger partial charge in [-0.15, -0.1) is 0 Å². The zero-order valence-electron chi connectivity index (χ0n) is 38.6. The van der Waals surface area contributed by atoms with E-state index in [1.807, 2.05) is 34.1 Å². The highest BCUT2D eigenvalue weighted by molar-refractivity contribution is 6.25. The number of amides is 7. The lowest BCUT2D eigenvalue weighted by Crippen LogP contribution is -2.54. The molecule has 0 radical (unpaired) electrons. The molecule has 0 bridgehead atoms. The Bertz CT molecular complexity index is 2320. The Labute approximate surface area is 396 Å². The Kier molecular flexibility index (Phi) is 16.2. The third-order valence-corrected chi connectivity index (χ3v) is 13.8. The first kappa shape index (κ1) is 47.9. The number of likely N-dealkylation sites (tertiary alicyclic amines) is 1. The Balaban J connectivity index is 0.667. The number of nitrogens with one attached hydrogen (secondary N) is 3. The topological polar surface area (TPSA) is 207 Å². The van der Waals surface area contributed by atoms with Crippen molar-refractivity contribution < 1.29 is 38.3 Å². The molecule has 5 aliphatic heterocycles. The van der Waals surface area contributed by atoms with Crippen molar-refractivity contribution in [3.05, 3.63) is 89.4 Å². The molecule has 2 aromatic heterocycles. The summed E-state index contributed by atoms with van der Waals surface area (Å²) in [6, 6.07) is 11.9. The molecule has 360 valence electrons. The van der Waals surface area contributed by atoms with Crippen LogP contribution in [0.25, 0.3) is 6.08 Å². The lowest BCUT2D eigenvalue weighted by molar-refractivity contribution is -0.136. The molecule has 5 aliphatic rings. The Hall–Kier alpha value is -6.53. The van der Waals surface area contributed by atoms with Crippen LogP contribution in [0.4, 0.5) is 11.5 Å². The zero-order chi connectivity index (χ0) is 47.4. The van der Waals surface area contributed by atoms with Gasteiger partial charge in [0.25, 0.3) is 17.7 Å². The molecule has 0 spiro atoms. The number of aromatic nitrogens is 2. The number of carbonyl (C=O) groups is 7. The monoisotopic (exact) mass is 930 g/mol. The van der Waals surface area contributed by atoms with Crippen LogP contribution >= 0.6 is 0 Å². The number of piperidine rings is 3. The summed E-state index contributed by atoms with van der Waals surface area (Å²) >= 11 is 0. The fraction of sp³-hybridized carbons (Fsp3) is 0.500. The molecule has 1 unspecified atom stereocenters. The van der Waals surface area contributed by atoms with Crippen LogP contribution in [0, 0.1) is 5.92 Å². The molecule has 1 aromatic carbocycles. The molecule has 4 fully saturated rings. The fourth-order valence-corrected chi connectivity index (χ4v) is 9.92. The summed E-state index contributed by atoms with van der Waals surface area (Å²) in [5, 5.41) is 8.32. The molecule has 0 aliphatic carbocycles. The standard InChI is InChI=1S/C50H62N10O8/c61-43(13-9-36-6-4-20-51-33-36)53-21-2-1-5-35-15-23-59(24-16-35)48(65)37-10-12-42(54-34-37)57-25-17-38(18-26-57)56-27-29-58(30-28-56)45(63)19-31-68-32-22-52-40-8-3-7-39-46(40)50(67)60(49(39)66)41-11-14-44(62)55-47(41)64/h3-4,6-10,12-13,20,33-35,38,41,52H,1-2,5,11,14-19,21-32H2,(H,53,61)(H,55,62,64)/b13-9+. The second-order valence-corrected chi connectivity index (χ2v) is 18.1. The van der Waals surface area contributed by atoms with Crippen molar-refractivity contribution in [3.8, 4) is 0 Å². The largest absolute Gasteiger partial charge is 0.382 e. The van der Waals surface area contributed by atoms with Crippen molar-refractivity contribution in [1.82, 2.24) is 40.2 Å². The van der Waals surface area contributed by atoms with E-state index in [0.717, 1.165) is 100 Å². The molecule has 3 aromatic rings.